The molecular weight excluding hydrogens is 431 g/mol. The minimum Gasteiger partial charge on any atom is -0.382 e. The van der Waals surface area contributed by atoms with Crippen molar-refractivity contribution in [3.63, 3.8) is 0 Å². The Hall–Kier alpha value is -2.75. The zero-order chi connectivity index (χ0) is 22.5. The fraction of sp³-hybridized carbons (Fsp3) is 0.348. The summed E-state index contributed by atoms with van der Waals surface area (Å²) in [5.41, 5.74) is 8.12. The van der Waals surface area contributed by atoms with Crippen LogP contribution in [0, 0.1) is 12.7 Å². The molecule has 3 N–H and O–H groups in total. The zero-order valence-electron chi connectivity index (χ0n) is 17.8. The third kappa shape index (κ3) is 3.70. The molecule has 168 valence electrons. The van der Waals surface area contributed by atoms with Gasteiger partial charge in [0.2, 0.25) is 0 Å². The number of fused-ring (bicyclic) bond motifs is 2. The van der Waals surface area contributed by atoms with E-state index in [1.54, 1.807) is 37.3 Å². The summed E-state index contributed by atoms with van der Waals surface area (Å²) in [5, 5.41) is 3.70. The van der Waals surface area contributed by atoms with Gasteiger partial charge < -0.3 is 20.7 Å². The lowest BCUT2D eigenvalue weighted by Gasteiger charge is -2.38. The second kappa shape index (κ2) is 7.68. The van der Waals surface area contributed by atoms with E-state index in [2.05, 4.69) is 5.32 Å². The summed E-state index contributed by atoms with van der Waals surface area (Å²) in [6.07, 6.45) is 0. The van der Waals surface area contributed by atoms with Gasteiger partial charge in [0.15, 0.2) is 9.84 Å². The number of pyridine rings is 1. The number of aromatic nitrogens is 1. The number of anilines is 2. The molecule has 1 aromatic heterocycles. The number of nitrogens with two attached hydrogens (primary N) is 1. The number of hydrogen-bond acceptors (Lipinski definition) is 7. The predicted molar refractivity (Wildman–Crippen MR) is 122 cm³/mol. The molecule has 0 unspecified atom stereocenters. The van der Waals surface area contributed by atoms with Gasteiger partial charge in [0, 0.05) is 25.7 Å². The van der Waals surface area contributed by atoms with Crippen molar-refractivity contribution in [3.8, 4) is 0 Å². The average Bonchev–Trinajstić information content (AvgIpc) is 2.89. The summed E-state index contributed by atoms with van der Waals surface area (Å²) in [7, 11) is -3.39. The highest BCUT2D eigenvalue weighted by atomic mass is 32.2. The second-order valence-corrected chi connectivity index (χ2v) is 10.8. The Kier molecular flexibility index (Phi) is 5.07. The SMILES string of the molecule is Cc1ccc2nc(N3CCS(=O)(=O)c4ccccc4C3)cc(NCC3(N)COC3)c2c1F. The lowest BCUT2D eigenvalue weighted by molar-refractivity contribution is -0.0461. The number of rotatable bonds is 4. The number of halogens is 1. The summed E-state index contributed by atoms with van der Waals surface area (Å²) in [4.78, 5) is 6.98. The molecule has 0 spiro atoms. The van der Waals surface area contributed by atoms with Crippen LogP contribution in [-0.4, -0.2) is 51.0 Å². The number of sulfone groups is 1. The van der Waals surface area contributed by atoms with E-state index in [1.165, 1.54) is 0 Å². The first-order chi connectivity index (χ1) is 15.3. The average molecular weight is 457 g/mol. The van der Waals surface area contributed by atoms with Gasteiger partial charge in [-0.3, -0.25) is 0 Å². The van der Waals surface area contributed by atoms with Crippen LogP contribution in [0.4, 0.5) is 15.9 Å². The lowest BCUT2D eigenvalue weighted by Crippen LogP contribution is -2.61. The van der Waals surface area contributed by atoms with Gasteiger partial charge in [-0.1, -0.05) is 24.3 Å². The van der Waals surface area contributed by atoms with Crippen LogP contribution < -0.4 is 16.0 Å². The number of aryl methyl sites for hydroxylation is 1. The Morgan fingerprint density at radius 2 is 2.03 bits per heavy atom. The minimum atomic E-state index is -3.39. The van der Waals surface area contributed by atoms with E-state index in [0.717, 1.165) is 5.56 Å². The molecule has 1 saturated heterocycles. The summed E-state index contributed by atoms with van der Waals surface area (Å²) in [6.45, 7) is 3.72. The highest BCUT2D eigenvalue weighted by molar-refractivity contribution is 7.91. The Morgan fingerprint density at radius 3 is 2.78 bits per heavy atom. The van der Waals surface area contributed by atoms with Gasteiger partial charge in [-0.2, -0.15) is 0 Å². The summed E-state index contributed by atoms with van der Waals surface area (Å²) >= 11 is 0. The van der Waals surface area contributed by atoms with E-state index in [9.17, 15) is 8.42 Å². The van der Waals surface area contributed by atoms with Gasteiger partial charge in [-0.05, 0) is 30.2 Å². The van der Waals surface area contributed by atoms with E-state index in [0.29, 0.717) is 59.2 Å². The first kappa shape index (κ1) is 21.1. The highest BCUT2D eigenvalue weighted by Gasteiger charge is 2.34. The first-order valence-electron chi connectivity index (χ1n) is 10.5. The minimum absolute atomic E-state index is 0.0159. The Morgan fingerprint density at radius 1 is 1.25 bits per heavy atom. The van der Waals surface area contributed by atoms with E-state index in [1.807, 2.05) is 17.0 Å². The number of hydrogen-bond donors (Lipinski definition) is 2. The molecule has 0 atom stereocenters. The smallest absolute Gasteiger partial charge is 0.180 e. The van der Waals surface area contributed by atoms with E-state index in [4.69, 9.17) is 15.5 Å². The maximum absolute atomic E-state index is 15.1. The third-order valence-electron chi connectivity index (χ3n) is 6.12. The summed E-state index contributed by atoms with van der Waals surface area (Å²) < 4.78 is 45.8. The lowest BCUT2D eigenvalue weighted by atomic mass is 9.99. The predicted octanol–water partition coefficient (Wildman–Crippen LogP) is 2.62. The van der Waals surface area contributed by atoms with Crippen molar-refractivity contribution in [2.45, 2.75) is 23.9 Å². The molecule has 1 fully saturated rings. The van der Waals surface area contributed by atoms with Crippen molar-refractivity contribution in [2.24, 2.45) is 5.73 Å². The van der Waals surface area contributed by atoms with Crippen molar-refractivity contribution < 1.29 is 17.5 Å². The van der Waals surface area contributed by atoms with Crippen molar-refractivity contribution in [3.05, 3.63) is 59.4 Å². The van der Waals surface area contributed by atoms with Crippen molar-refractivity contribution >= 4 is 32.2 Å². The molecule has 2 aromatic carbocycles. The standard InChI is InChI=1S/C23H25FN4O3S/c1-15-6-7-17-21(22(15)24)18(26-12-23(25)13-31-14-23)10-20(27-17)28-8-9-32(29,30)19-5-3-2-4-16(19)11-28/h2-7,10H,8-9,11-14,25H2,1H3,(H,26,27). The van der Waals surface area contributed by atoms with Crippen LogP contribution in [0.25, 0.3) is 10.9 Å². The monoisotopic (exact) mass is 456 g/mol. The van der Waals surface area contributed by atoms with Crippen LogP contribution in [0.1, 0.15) is 11.1 Å². The van der Waals surface area contributed by atoms with Gasteiger partial charge in [-0.25, -0.2) is 17.8 Å². The van der Waals surface area contributed by atoms with Crippen molar-refractivity contribution in [2.75, 3.05) is 42.3 Å². The molecule has 0 radical (unpaired) electrons. The zero-order valence-corrected chi connectivity index (χ0v) is 18.6. The molecule has 0 saturated carbocycles. The topological polar surface area (TPSA) is 97.6 Å². The largest absolute Gasteiger partial charge is 0.382 e. The Labute approximate surface area is 186 Å². The molecule has 5 rings (SSSR count). The molecule has 7 nitrogen and oxygen atoms in total. The third-order valence-corrected chi connectivity index (χ3v) is 7.91. The van der Waals surface area contributed by atoms with Gasteiger partial charge >= 0.3 is 0 Å². The molecule has 0 bridgehead atoms. The first-order valence-corrected chi connectivity index (χ1v) is 12.2. The molecule has 9 heteroatoms. The van der Waals surface area contributed by atoms with E-state index >= 15 is 4.39 Å². The summed E-state index contributed by atoms with van der Waals surface area (Å²) in [5.74, 6) is 0.243. The number of benzene rings is 2. The highest BCUT2D eigenvalue weighted by Crippen LogP contribution is 2.33. The molecule has 3 aromatic rings. The fourth-order valence-corrected chi connectivity index (χ4v) is 5.67. The van der Waals surface area contributed by atoms with Crippen molar-refractivity contribution in [1.29, 1.82) is 0 Å². The van der Waals surface area contributed by atoms with Crippen LogP contribution >= 0.6 is 0 Å². The number of nitrogens with zero attached hydrogens (tertiary/aromatic N) is 2. The maximum Gasteiger partial charge on any atom is 0.180 e. The Balaban J connectivity index is 1.58. The van der Waals surface area contributed by atoms with Crippen LogP contribution in [-0.2, 0) is 21.1 Å². The quantitative estimate of drug-likeness (QED) is 0.623. The van der Waals surface area contributed by atoms with E-state index in [-0.39, 0.29) is 18.1 Å². The van der Waals surface area contributed by atoms with Gasteiger partial charge in [0.25, 0.3) is 0 Å². The van der Waals surface area contributed by atoms with Gasteiger partial charge in [0.1, 0.15) is 11.6 Å². The molecular formula is C23H25FN4O3S. The fourth-order valence-electron chi connectivity index (χ4n) is 4.17. The van der Waals surface area contributed by atoms with Crippen LogP contribution in [0.15, 0.2) is 47.4 Å². The number of ether oxygens (including phenoxy) is 1. The molecule has 2 aliphatic rings. The van der Waals surface area contributed by atoms with Crippen LogP contribution in [0.2, 0.25) is 0 Å². The Bertz CT molecular complexity index is 1310. The van der Waals surface area contributed by atoms with Crippen molar-refractivity contribution in [1.82, 2.24) is 4.98 Å². The molecule has 32 heavy (non-hydrogen) atoms. The van der Waals surface area contributed by atoms with E-state index < -0.39 is 15.4 Å². The molecule has 3 heterocycles. The maximum atomic E-state index is 15.1. The molecule has 0 amide bonds. The molecule has 2 aliphatic heterocycles. The number of nitrogens with one attached hydrogen (secondary N) is 1. The normalized spacial score (nSPS) is 19.2. The second-order valence-electron chi connectivity index (χ2n) is 8.68. The van der Waals surface area contributed by atoms with Crippen LogP contribution in [0.5, 0.6) is 0 Å². The van der Waals surface area contributed by atoms with Crippen LogP contribution in [0.3, 0.4) is 0 Å². The summed E-state index contributed by atoms with van der Waals surface area (Å²) in [6, 6.07) is 12.3. The van der Waals surface area contributed by atoms with Gasteiger partial charge in [-0.15, -0.1) is 0 Å². The molecule has 0 aliphatic carbocycles. The van der Waals surface area contributed by atoms with Gasteiger partial charge in [0.05, 0.1) is 46.0 Å².